The van der Waals surface area contributed by atoms with E-state index in [4.69, 9.17) is 11.6 Å². The normalized spacial score (nSPS) is 22.8. The van der Waals surface area contributed by atoms with Gasteiger partial charge in [-0.3, -0.25) is 4.79 Å². The molecule has 98 valence electrons. The van der Waals surface area contributed by atoms with Gasteiger partial charge >= 0.3 is 0 Å². The molecule has 1 unspecified atom stereocenters. The van der Waals surface area contributed by atoms with Crippen molar-refractivity contribution in [1.29, 1.82) is 0 Å². The molecule has 18 heavy (non-hydrogen) atoms. The summed E-state index contributed by atoms with van der Waals surface area (Å²) in [5.41, 5.74) is 0.307. The Morgan fingerprint density at radius 1 is 1.39 bits per heavy atom. The molecule has 0 saturated heterocycles. The highest BCUT2D eigenvalue weighted by Crippen LogP contribution is 2.42. The molecule has 0 aromatic heterocycles. The predicted molar refractivity (Wildman–Crippen MR) is 71.5 cm³/mol. The van der Waals surface area contributed by atoms with Crippen molar-refractivity contribution in [3.63, 3.8) is 0 Å². The lowest BCUT2D eigenvalue weighted by molar-refractivity contribution is 0.0697. The lowest BCUT2D eigenvalue weighted by Gasteiger charge is -2.37. The number of hydrogen-bond donors (Lipinski definition) is 0. The summed E-state index contributed by atoms with van der Waals surface area (Å²) in [6.45, 7) is 4.23. The second-order valence-electron chi connectivity index (χ2n) is 5.78. The van der Waals surface area contributed by atoms with Crippen LogP contribution in [0.1, 0.15) is 49.9 Å². The van der Waals surface area contributed by atoms with Crippen LogP contribution in [-0.4, -0.2) is 5.78 Å². The van der Waals surface area contributed by atoms with Gasteiger partial charge in [0.2, 0.25) is 0 Å². The van der Waals surface area contributed by atoms with Crippen molar-refractivity contribution >= 4 is 17.4 Å². The summed E-state index contributed by atoms with van der Waals surface area (Å²) < 4.78 is 13.3. The fourth-order valence-corrected chi connectivity index (χ4v) is 3.06. The van der Waals surface area contributed by atoms with Crippen molar-refractivity contribution < 1.29 is 9.18 Å². The van der Waals surface area contributed by atoms with E-state index in [2.05, 4.69) is 13.8 Å². The molecule has 1 saturated carbocycles. The lowest BCUT2D eigenvalue weighted by atomic mass is 9.66. The van der Waals surface area contributed by atoms with Crippen LogP contribution in [0, 0.1) is 17.2 Å². The summed E-state index contributed by atoms with van der Waals surface area (Å²) >= 11 is 6.02. The molecule has 1 aromatic carbocycles. The highest BCUT2D eigenvalue weighted by Gasteiger charge is 2.38. The van der Waals surface area contributed by atoms with Gasteiger partial charge in [0.1, 0.15) is 5.82 Å². The van der Waals surface area contributed by atoms with Crippen LogP contribution in [0.4, 0.5) is 4.39 Å². The first-order valence-corrected chi connectivity index (χ1v) is 6.79. The van der Waals surface area contributed by atoms with Gasteiger partial charge < -0.3 is 0 Å². The molecule has 1 aromatic rings. The maximum Gasteiger partial charge on any atom is 0.168 e. The first-order valence-electron chi connectivity index (χ1n) is 6.41. The summed E-state index contributed by atoms with van der Waals surface area (Å²) in [6.07, 6.45) is 4.13. The number of carbonyl (C=O) groups excluding carboxylic acids is 1. The Morgan fingerprint density at radius 2 is 2.11 bits per heavy atom. The van der Waals surface area contributed by atoms with Gasteiger partial charge in [0, 0.05) is 11.5 Å². The van der Waals surface area contributed by atoms with Crippen LogP contribution in [0.15, 0.2) is 18.2 Å². The number of benzene rings is 1. The van der Waals surface area contributed by atoms with E-state index in [-0.39, 0.29) is 17.1 Å². The summed E-state index contributed by atoms with van der Waals surface area (Å²) in [7, 11) is 0. The molecule has 0 aliphatic heterocycles. The molecule has 0 amide bonds. The average Bonchev–Trinajstić information content (AvgIpc) is 2.31. The molecule has 1 fully saturated rings. The van der Waals surface area contributed by atoms with Crippen LogP contribution in [0.3, 0.4) is 0 Å². The minimum absolute atomic E-state index is 0.01000. The van der Waals surface area contributed by atoms with Crippen LogP contribution < -0.4 is 0 Å². The molecule has 1 aliphatic rings. The predicted octanol–water partition coefficient (Wildman–Crippen LogP) is 4.88. The van der Waals surface area contributed by atoms with Crippen molar-refractivity contribution in [2.45, 2.75) is 39.5 Å². The van der Waals surface area contributed by atoms with Crippen molar-refractivity contribution in [2.75, 3.05) is 0 Å². The van der Waals surface area contributed by atoms with Gasteiger partial charge in [0.15, 0.2) is 5.78 Å². The summed E-state index contributed by atoms with van der Waals surface area (Å²) in [5.74, 6) is -0.467. The molecule has 0 heterocycles. The minimum atomic E-state index is -0.406. The fourth-order valence-electron chi connectivity index (χ4n) is 2.85. The standard InChI is InChI=1S/C15H18ClFO/c1-15(2)8-4-3-5-12(15)14(18)11-9-10(17)6-7-13(11)16/h6-7,9,12H,3-5,8H2,1-2H3. The quantitative estimate of drug-likeness (QED) is 0.699. The third-order valence-electron chi connectivity index (χ3n) is 4.02. The van der Waals surface area contributed by atoms with E-state index in [1.807, 2.05) is 0 Å². The van der Waals surface area contributed by atoms with Gasteiger partial charge in [-0.2, -0.15) is 0 Å². The Hall–Kier alpha value is -0.890. The molecule has 1 nitrogen and oxygen atoms in total. The smallest absolute Gasteiger partial charge is 0.168 e. The maximum absolute atomic E-state index is 13.3. The Morgan fingerprint density at radius 3 is 2.78 bits per heavy atom. The zero-order chi connectivity index (χ0) is 13.3. The lowest BCUT2D eigenvalue weighted by Crippen LogP contribution is -2.34. The van der Waals surface area contributed by atoms with E-state index in [1.165, 1.54) is 18.2 Å². The Bertz CT molecular complexity index is 468. The SMILES string of the molecule is CC1(C)CCCCC1C(=O)c1cc(F)ccc1Cl. The van der Waals surface area contributed by atoms with Crippen LogP contribution in [-0.2, 0) is 0 Å². The van der Waals surface area contributed by atoms with E-state index < -0.39 is 5.82 Å². The summed E-state index contributed by atoms with van der Waals surface area (Å²) in [6, 6.07) is 4.00. The summed E-state index contributed by atoms with van der Waals surface area (Å²) in [5, 5.41) is 0.350. The van der Waals surface area contributed by atoms with E-state index >= 15 is 0 Å². The molecule has 0 bridgehead atoms. The highest BCUT2D eigenvalue weighted by molar-refractivity contribution is 6.34. The van der Waals surface area contributed by atoms with Crippen LogP contribution in [0.5, 0.6) is 0 Å². The van der Waals surface area contributed by atoms with E-state index in [1.54, 1.807) is 0 Å². The number of halogens is 2. The third-order valence-corrected chi connectivity index (χ3v) is 4.35. The number of hydrogen-bond acceptors (Lipinski definition) is 1. The largest absolute Gasteiger partial charge is 0.294 e. The van der Waals surface area contributed by atoms with Gasteiger partial charge in [0.05, 0.1) is 5.02 Å². The Balaban J connectivity index is 2.33. The third kappa shape index (κ3) is 2.59. The van der Waals surface area contributed by atoms with Gasteiger partial charge in [-0.1, -0.05) is 38.3 Å². The van der Waals surface area contributed by atoms with E-state index in [0.29, 0.717) is 10.6 Å². The Kier molecular flexibility index (Phi) is 3.76. The topological polar surface area (TPSA) is 17.1 Å². The molecule has 1 atom stereocenters. The molecular formula is C15H18ClFO. The van der Waals surface area contributed by atoms with E-state index in [9.17, 15) is 9.18 Å². The van der Waals surface area contributed by atoms with Crippen molar-refractivity contribution in [3.05, 3.63) is 34.6 Å². The average molecular weight is 269 g/mol. The second-order valence-corrected chi connectivity index (χ2v) is 6.18. The number of carbonyl (C=O) groups is 1. The zero-order valence-corrected chi connectivity index (χ0v) is 11.6. The molecule has 3 heteroatoms. The fraction of sp³-hybridized carbons (Fsp3) is 0.533. The monoisotopic (exact) mass is 268 g/mol. The van der Waals surface area contributed by atoms with Gasteiger partial charge in [-0.05, 0) is 36.5 Å². The van der Waals surface area contributed by atoms with Crippen molar-refractivity contribution in [1.82, 2.24) is 0 Å². The van der Waals surface area contributed by atoms with Gasteiger partial charge in [-0.15, -0.1) is 0 Å². The van der Waals surface area contributed by atoms with Gasteiger partial charge in [0.25, 0.3) is 0 Å². The Labute approximate surface area is 112 Å². The zero-order valence-electron chi connectivity index (χ0n) is 10.8. The molecule has 0 N–H and O–H groups in total. The molecule has 0 radical (unpaired) electrons. The molecule has 1 aliphatic carbocycles. The number of Topliss-reactive ketones (excluding diaryl/α,β-unsaturated/α-hetero) is 1. The maximum atomic E-state index is 13.3. The van der Waals surface area contributed by atoms with Gasteiger partial charge in [-0.25, -0.2) is 4.39 Å². The number of rotatable bonds is 2. The molecule has 0 spiro atoms. The minimum Gasteiger partial charge on any atom is -0.294 e. The van der Waals surface area contributed by atoms with Crippen molar-refractivity contribution in [2.24, 2.45) is 11.3 Å². The van der Waals surface area contributed by atoms with E-state index in [0.717, 1.165) is 25.7 Å². The molecule has 2 rings (SSSR count). The first kappa shape index (κ1) is 13.5. The van der Waals surface area contributed by atoms with Crippen LogP contribution >= 0.6 is 11.6 Å². The van der Waals surface area contributed by atoms with Crippen LogP contribution in [0.25, 0.3) is 0 Å². The summed E-state index contributed by atoms with van der Waals surface area (Å²) in [4.78, 5) is 12.5. The second kappa shape index (κ2) is 5.00. The highest BCUT2D eigenvalue weighted by atomic mass is 35.5. The number of ketones is 1. The van der Waals surface area contributed by atoms with Crippen LogP contribution in [0.2, 0.25) is 5.02 Å². The van der Waals surface area contributed by atoms with Crippen molar-refractivity contribution in [3.8, 4) is 0 Å². The molecular weight excluding hydrogens is 251 g/mol. The first-order chi connectivity index (χ1) is 8.42.